The summed E-state index contributed by atoms with van der Waals surface area (Å²) in [5.74, 6) is 1.34. The van der Waals surface area contributed by atoms with Crippen molar-refractivity contribution in [3.8, 4) is 5.88 Å². The smallest absolute Gasteiger partial charge is 0.236 e. The Balaban J connectivity index is 1.72. The molecule has 0 radical (unpaired) electrons. The Kier molecular flexibility index (Phi) is 3.30. The zero-order valence-corrected chi connectivity index (χ0v) is 13.5. The zero-order chi connectivity index (χ0) is 16.7. The fraction of sp³-hybridized carbons (Fsp3) is 0.353. The number of amides is 1. The molecule has 1 saturated heterocycles. The summed E-state index contributed by atoms with van der Waals surface area (Å²) >= 11 is 0. The highest BCUT2D eigenvalue weighted by Crippen LogP contribution is 2.44. The van der Waals surface area contributed by atoms with Crippen molar-refractivity contribution in [3.05, 3.63) is 35.9 Å². The second-order valence-corrected chi connectivity index (χ2v) is 6.23. The first-order chi connectivity index (χ1) is 11.6. The van der Waals surface area contributed by atoms with Gasteiger partial charge in [0.05, 0.1) is 12.5 Å². The number of piperidine rings is 1. The maximum absolute atomic E-state index is 12.8. The summed E-state index contributed by atoms with van der Waals surface area (Å²) in [4.78, 5) is 23.2. The molecule has 3 N–H and O–H groups in total. The molecule has 1 fully saturated rings. The summed E-state index contributed by atoms with van der Waals surface area (Å²) in [5, 5.41) is 3.02. The molecule has 3 heterocycles. The number of fused-ring (bicyclic) bond motifs is 2. The molecule has 7 nitrogen and oxygen atoms in total. The van der Waals surface area contributed by atoms with E-state index in [1.165, 1.54) is 0 Å². The van der Waals surface area contributed by atoms with Crippen LogP contribution in [0.25, 0.3) is 0 Å². The molecular formula is C17H19N5O2. The predicted molar refractivity (Wildman–Crippen MR) is 91.2 cm³/mol. The molecule has 1 aromatic carbocycles. The Hall–Kier alpha value is -2.83. The lowest BCUT2D eigenvalue weighted by Gasteiger charge is -2.39. The maximum Gasteiger partial charge on any atom is 0.236 e. The van der Waals surface area contributed by atoms with Gasteiger partial charge in [0.15, 0.2) is 0 Å². The van der Waals surface area contributed by atoms with E-state index in [9.17, 15) is 4.79 Å². The second kappa shape index (κ2) is 5.36. The van der Waals surface area contributed by atoms with Crippen LogP contribution in [-0.2, 0) is 10.2 Å². The molecule has 124 valence electrons. The Labute approximate surface area is 139 Å². The Morgan fingerprint density at radius 2 is 2.17 bits per heavy atom. The van der Waals surface area contributed by atoms with Crippen molar-refractivity contribution in [2.45, 2.75) is 18.3 Å². The number of nitrogens with two attached hydrogens (primary N) is 1. The maximum atomic E-state index is 12.8. The van der Waals surface area contributed by atoms with Gasteiger partial charge in [0.1, 0.15) is 5.82 Å². The number of nitrogens with zero attached hydrogens (tertiary/aromatic N) is 3. The third kappa shape index (κ3) is 2.16. The predicted octanol–water partition coefficient (Wildman–Crippen LogP) is 1.56. The van der Waals surface area contributed by atoms with Gasteiger partial charge in [0.2, 0.25) is 17.7 Å². The minimum atomic E-state index is -0.540. The molecule has 1 atom stereocenters. The van der Waals surface area contributed by atoms with Crippen molar-refractivity contribution in [2.24, 2.45) is 0 Å². The first kappa shape index (κ1) is 14.7. The summed E-state index contributed by atoms with van der Waals surface area (Å²) in [6.07, 6.45) is 1.72. The van der Waals surface area contributed by atoms with Crippen LogP contribution in [0, 0.1) is 0 Å². The van der Waals surface area contributed by atoms with E-state index >= 15 is 0 Å². The van der Waals surface area contributed by atoms with Gasteiger partial charge >= 0.3 is 0 Å². The number of aromatic nitrogens is 2. The van der Waals surface area contributed by atoms with Crippen molar-refractivity contribution >= 4 is 23.4 Å². The average molecular weight is 325 g/mol. The van der Waals surface area contributed by atoms with Crippen LogP contribution >= 0.6 is 0 Å². The molecule has 1 aromatic heterocycles. The fourth-order valence-electron chi connectivity index (χ4n) is 3.73. The monoisotopic (exact) mass is 325 g/mol. The van der Waals surface area contributed by atoms with Crippen LogP contribution in [0.4, 0.5) is 17.5 Å². The van der Waals surface area contributed by atoms with Crippen LogP contribution in [0.2, 0.25) is 0 Å². The first-order valence-corrected chi connectivity index (χ1v) is 7.97. The van der Waals surface area contributed by atoms with Gasteiger partial charge < -0.3 is 20.7 Å². The molecule has 0 aliphatic carbocycles. The topological polar surface area (TPSA) is 93.4 Å². The molecule has 4 rings (SSSR count). The number of benzene rings is 1. The van der Waals surface area contributed by atoms with E-state index < -0.39 is 5.41 Å². The summed E-state index contributed by atoms with van der Waals surface area (Å²) in [7, 11) is 1.55. The van der Waals surface area contributed by atoms with E-state index in [4.69, 9.17) is 10.5 Å². The summed E-state index contributed by atoms with van der Waals surface area (Å²) in [6.45, 7) is 1.38. The van der Waals surface area contributed by atoms with Crippen LogP contribution in [0.5, 0.6) is 5.88 Å². The molecule has 7 heteroatoms. The number of carbonyl (C=O) groups is 1. The van der Waals surface area contributed by atoms with Gasteiger partial charge in [-0.25, -0.2) is 0 Å². The van der Waals surface area contributed by atoms with Gasteiger partial charge in [0.25, 0.3) is 0 Å². The molecule has 2 aliphatic rings. The number of carbonyl (C=O) groups excluding carboxylic acids is 1. The Morgan fingerprint density at radius 3 is 3.00 bits per heavy atom. The van der Waals surface area contributed by atoms with E-state index in [0.29, 0.717) is 18.2 Å². The SMILES string of the molecule is COc1cc(N2CCCC3(C2)C(=O)Nc2ccccc23)nc(N)n1. The molecule has 24 heavy (non-hydrogen) atoms. The number of ether oxygens (including phenoxy) is 1. The summed E-state index contributed by atoms with van der Waals surface area (Å²) in [5.41, 5.74) is 7.21. The third-order valence-corrected chi connectivity index (χ3v) is 4.86. The zero-order valence-electron chi connectivity index (χ0n) is 13.5. The highest BCUT2D eigenvalue weighted by Gasteiger charge is 2.49. The first-order valence-electron chi connectivity index (χ1n) is 7.97. The lowest BCUT2D eigenvalue weighted by molar-refractivity contribution is -0.121. The van der Waals surface area contributed by atoms with E-state index in [1.54, 1.807) is 13.2 Å². The highest BCUT2D eigenvalue weighted by atomic mass is 16.5. The van der Waals surface area contributed by atoms with E-state index in [2.05, 4.69) is 20.2 Å². The molecule has 2 aromatic rings. The van der Waals surface area contributed by atoms with Crippen LogP contribution in [0.3, 0.4) is 0 Å². The number of rotatable bonds is 2. The quantitative estimate of drug-likeness (QED) is 0.870. The molecular weight excluding hydrogens is 306 g/mol. The third-order valence-electron chi connectivity index (χ3n) is 4.86. The van der Waals surface area contributed by atoms with Crippen LogP contribution < -0.4 is 20.7 Å². The molecule has 2 aliphatic heterocycles. The summed E-state index contributed by atoms with van der Waals surface area (Å²) < 4.78 is 5.18. The van der Waals surface area contributed by atoms with Gasteiger partial charge in [-0.1, -0.05) is 18.2 Å². The van der Waals surface area contributed by atoms with E-state index in [-0.39, 0.29) is 11.9 Å². The van der Waals surface area contributed by atoms with E-state index in [0.717, 1.165) is 30.6 Å². The average Bonchev–Trinajstić information content (AvgIpc) is 2.86. The number of nitrogens with one attached hydrogen (secondary N) is 1. The van der Waals surface area contributed by atoms with Crippen molar-refractivity contribution in [3.63, 3.8) is 0 Å². The lowest BCUT2D eigenvalue weighted by Crippen LogP contribution is -2.50. The van der Waals surface area contributed by atoms with Crippen molar-refractivity contribution < 1.29 is 9.53 Å². The molecule has 1 amide bonds. The van der Waals surface area contributed by atoms with E-state index in [1.807, 2.05) is 24.3 Å². The Bertz CT molecular complexity index is 809. The minimum absolute atomic E-state index is 0.0578. The number of para-hydroxylation sites is 1. The molecule has 0 saturated carbocycles. The van der Waals surface area contributed by atoms with Crippen molar-refractivity contribution in [2.75, 3.05) is 36.1 Å². The van der Waals surface area contributed by atoms with Gasteiger partial charge in [-0.15, -0.1) is 0 Å². The van der Waals surface area contributed by atoms with Crippen LogP contribution in [0.15, 0.2) is 30.3 Å². The number of hydrogen-bond acceptors (Lipinski definition) is 6. The number of anilines is 3. The number of nitrogen functional groups attached to an aromatic ring is 1. The lowest BCUT2D eigenvalue weighted by atomic mass is 9.75. The molecule has 1 unspecified atom stereocenters. The number of methoxy groups -OCH3 is 1. The van der Waals surface area contributed by atoms with Gasteiger partial charge in [-0.05, 0) is 24.5 Å². The minimum Gasteiger partial charge on any atom is -0.481 e. The highest BCUT2D eigenvalue weighted by molar-refractivity contribution is 6.06. The second-order valence-electron chi connectivity index (χ2n) is 6.23. The van der Waals surface area contributed by atoms with Crippen LogP contribution in [-0.4, -0.2) is 36.1 Å². The largest absolute Gasteiger partial charge is 0.481 e. The van der Waals surface area contributed by atoms with Crippen LogP contribution in [0.1, 0.15) is 18.4 Å². The Morgan fingerprint density at radius 1 is 1.33 bits per heavy atom. The number of hydrogen-bond donors (Lipinski definition) is 2. The normalized spacial score (nSPS) is 22.4. The van der Waals surface area contributed by atoms with Crippen molar-refractivity contribution in [1.82, 2.24) is 9.97 Å². The van der Waals surface area contributed by atoms with Gasteiger partial charge in [0, 0.05) is 24.8 Å². The molecule has 0 bridgehead atoms. The van der Waals surface area contributed by atoms with Gasteiger partial charge in [-0.2, -0.15) is 9.97 Å². The summed E-state index contributed by atoms with van der Waals surface area (Å²) in [6, 6.07) is 9.66. The fourth-order valence-corrected chi connectivity index (χ4v) is 3.73. The van der Waals surface area contributed by atoms with Crippen molar-refractivity contribution in [1.29, 1.82) is 0 Å². The standard InChI is InChI=1S/C17H19N5O2/c1-24-14-9-13(20-16(18)21-14)22-8-4-7-17(10-22)11-5-2-3-6-12(11)19-15(17)23/h2-3,5-6,9H,4,7-8,10H2,1H3,(H,19,23)(H2,18,20,21). The molecule has 1 spiro atoms. The van der Waals surface area contributed by atoms with Gasteiger partial charge in [-0.3, -0.25) is 4.79 Å².